The van der Waals surface area contributed by atoms with E-state index < -0.39 is 41.1 Å². The van der Waals surface area contributed by atoms with Crippen LogP contribution in [0.5, 0.6) is 5.75 Å². The molecule has 0 spiro atoms. The summed E-state index contributed by atoms with van der Waals surface area (Å²) in [4.78, 5) is 29.0. The first-order chi connectivity index (χ1) is 16.7. The van der Waals surface area contributed by atoms with Gasteiger partial charge >= 0.3 is 0 Å². The first-order valence-electron chi connectivity index (χ1n) is 10.2. The maximum absolute atomic E-state index is 13.3. The Kier molecular flexibility index (Phi) is 6.49. The van der Waals surface area contributed by atoms with E-state index in [1.165, 1.54) is 36.4 Å². The molecule has 0 aliphatic carbocycles. The minimum atomic E-state index is -0.912. The number of benzene rings is 3. The Morgan fingerprint density at radius 3 is 2.26 bits per heavy atom. The van der Waals surface area contributed by atoms with Gasteiger partial charge in [0.15, 0.2) is 0 Å². The van der Waals surface area contributed by atoms with Crippen LogP contribution in [0.4, 0.5) is 18.9 Å². The Balaban J connectivity index is 1.42. The van der Waals surface area contributed by atoms with E-state index in [4.69, 9.17) is 4.52 Å². The van der Waals surface area contributed by atoms with Gasteiger partial charge in [-0.05, 0) is 55.5 Å². The van der Waals surface area contributed by atoms with Crippen molar-refractivity contribution in [1.29, 1.82) is 0 Å². The Hall–Kier alpha value is -4.67. The lowest BCUT2D eigenvalue weighted by atomic mass is 10.1. The number of hydrogen-bond acceptors (Lipinski definition) is 6. The average Bonchev–Trinajstić information content (AvgIpc) is 3.29. The molecule has 1 atom stereocenters. The molecule has 2 amide bonds. The van der Waals surface area contributed by atoms with Gasteiger partial charge < -0.3 is 20.3 Å². The highest BCUT2D eigenvalue weighted by Gasteiger charge is 2.20. The van der Waals surface area contributed by atoms with E-state index in [2.05, 4.69) is 20.8 Å². The monoisotopic (exact) mass is 482 g/mol. The molecule has 1 aromatic heterocycles. The van der Waals surface area contributed by atoms with E-state index in [0.29, 0.717) is 11.6 Å². The van der Waals surface area contributed by atoms with Gasteiger partial charge in [-0.15, -0.1) is 0 Å². The van der Waals surface area contributed by atoms with E-state index in [1.807, 2.05) is 0 Å². The summed E-state index contributed by atoms with van der Waals surface area (Å²) in [6, 6.07) is 10.8. The maximum atomic E-state index is 13.3. The van der Waals surface area contributed by atoms with Crippen LogP contribution < -0.4 is 10.6 Å². The molecule has 1 unspecified atom stereocenters. The molecule has 4 rings (SSSR count). The third-order valence-corrected chi connectivity index (χ3v) is 4.89. The zero-order valence-corrected chi connectivity index (χ0v) is 18.1. The molecule has 0 saturated heterocycles. The van der Waals surface area contributed by atoms with E-state index in [9.17, 15) is 27.9 Å². The van der Waals surface area contributed by atoms with Crippen LogP contribution in [-0.2, 0) is 0 Å². The van der Waals surface area contributed by atoms with Crippen molar-refractivity contribution in [2.24, 2.45) is 0 Å². The van der Waals surface area contributed by atoms with Gasteiger partial charge in [0.1, 0.15) is 29.2 Å². The van der Waals surface area contributed by atoms with Crippen molar-refractivity contribution in [1.82, 2.24) is 15.5 Å². The fourth-order valence-corrected chi connectivity index (χ4v) is 3.15. The SMILES string of the molecule is CC(NC(=O)c1ccc(NC(=O)c2cc(F)cc(F)c2)cc1O)c1nc(-c2ccc(F)cc2)no1. The van der Waals surface area contributed by atoms with Crippen LogP contribution in [0, 0.1) is 17.5 Å². The minimum Gasteiger partial charge on any atom is -0.507 e. The average molecular weight is 482 g/mol. The van der Waals surface area contributed by atoms with Crippen molar-refractivity contribution in [3.8, 4) is 17.1 Å². The van der Waals surface area contributed by atoms with Crippen molar-refractivity contribution in [2.75, 3.05) is 5.32 Å². The Morgan fingerprint density at radius 2 is 1.60 bits per heavy atom. The fourth-order valence-electron chi connectivity index (χ4n) is 3.15. The number of aromatic nitrogens is 2. The number of phenols is 1. The fraction of sp³-hybridized carbons (Fsp3) is 0.0833. The number of carbonyl (C=O) groups excluding carboxylic acids is 2. The molecule has 35 heavy (non-hydrogen) atoms. The number of hydrogen-bond donors (Lipinski definition) is 3. The highest BCUT2D eigenvalue weighted by molar-refractivity contribution is 6.05. The number of phenolic OH excluding ortho intramolecular Hbond substituents is 1. The molecule has 3 N–H and O–H groups in total. The lowest BCUT2D eigenvalue weighted by Gasteiger charge is -2.12. The second-order valence-electron chi connectivity index (χ2n) is 7.50. The van der Waals surface area contributed by atoms with Crippen molar-refractivity contribution in [3.63, 3.8) is 0 Å². The van der Waals surface area contributed by atoms with E-state index in [-0.39, 0.29) is 28.5 Å². The molecule has 11 heteroatoms. The van der Waals surface area contributed by atoms with Crippen molar-refractivity contribution >= 4 is 17.5 Å². The summed E-state index contributed by atoms with van der Waals surface area (Å²) in [6.45, 7) is 1.59. The second kappa shape index (κ2) is 9.67. The largest absolute Gasteiger partial charge is 0.507 e. The van der Waals surface area contributed by atoms with Gasteiger partial charge in [-0.2, -0.15) is 4.98 Å². The van der Waals surface area contributed by atoms with Crippen LogP contribution >= 0.6 is 0 Å². The topological polar surface area (TPSA) is 117 Å². The molecule has 178 valence electrons. The van der Waals surface area contributed by atoms with Crippen LogP contribution in [0.2, 0.25) is 0 Å². The molecule has 0 bridgehead atoms. The predicted molar refractivity (Wildman–Crippen MR) is 118 cm³/mol. The summed E-state index contributed by atoms with van der Waals surface area (Å²) in [6.07, 6.45) is 0. The molecule has 0 aliphatic heterocycles. The summed E-state index contributed by atoms with van der Waals surface area (Å²) < 4.78 is 44.9. The van der Waals surface area contributed by atoms with Gasteiger partial charge in [0.2, 0.25) is 11.7 Å². The Labute approximate surface area is 196 Å². The predicted octanol–water partition coefficient (Wildman–Crippen LogP) is 4.60. The third kappa shape index (κ3) is 5.46. The summed E-state index contributed by atoms with van der Waals surface area (Å²) in [5.41, 5.74) is 0.265. The molecular formula is C24H17F3N4O4. The molecule has 8 nitrogen and oxygen atoms in total. The lowest BCUT2D eigenvalue weighted by Crippen LogP contribution is -2.27. The maximum Gasteiger partial charge on any atom is 0.255 e. The smallest absolute Gasteiger partial charge is 0.255 e. The van der Waals surface area contributed by atoms with Gasteiger partial charge in [-0.1, -0.05) is 5.16 Å². The van der Waals surface area contributed by atoms with Gasteiger partial charge in [0.05, 0.1) is 5.56 Å². The summed E-state index contributed by atoms with van der Waals surface area (Å²) in [5.74, 6) is -3.86. The number of amides is 2. The molecule has 0 aliphatic rings. The van der Waals surface area contributed by atoms with Crippen LogP contribution in [0.1, 0.15) is 39.6 Å². The van der Waals surface area contributed by atoms with Gasteiger partial charge in [0.25, 0.3) is 11.8 Å². The lowest BCUT2D eigenvalue weighted by molar-refractivity contribution is 0.0929. The number of rotatable bonds is 6. The number of carbonyl (C=O) groups is 2. The van der Waals surface area contributed by atoms with Gasteiger partial charge in [-0.25, -0.2) is 13.2 Å². The molecule has 0 fully saturated rings. The third-order valence-electron chi connectivity index (χ3n) is 4.89. The summed E-state index contributed by atoms with van der Waals surface area (Å²) >= 11 is 0. The Bertz CT molecular complexity index is 1390. The highest BCUT2D eigenvalue weighted by atomic mass is 19.1. The van der Waals surface area contributed by atoms with Crippen molar-refractivity contribution in [3.05, 3.63) is 95.1 Å². The molecule has 1 heterocycles. The molecule has 3 aromatic carbocycles. The molecular weight excluding hydrogens is 465 g/mol. The number of anilines is 1. The van der Waals surface area contributed by atoms with E-state index >= 15 is 0 Å². The summed E-state index contributed by atoms with van der Waals surface area (Å²) in [5, 5.41) is 19.1. The Morgan fingerprint density at radius 1 is 0.914 bits per heavy atom. The number of nitrogens with one attached hydrogen (secondary N) is 2. The second-order valence-corrected chi connectivity index (χ2v) is 7.50. The number of halogens is 3. The van der Waals surface area contributed by atoms with Crippen molar-refractivity contribution in [2.45, 2.75) is 13.0 Å². The van der Waals surface area contributed by atoms with E-state index in [1.54, 1.807) is 6.92 Å². The van der Waals surface area contributed by atoms with Gasteiger partial charge in [0, 0.05) is 28.9 Å². The zero-order chi connectivity index (χ0) is 25.1. The first kappa shape index (κ1) is 23.5. The van der Waals surface area contributed by atoms with Crippen LogP contribution in [0.3, 0.4) is 0 Å². The van der Waals surface area contributed by atoms with E-state index in [0.717, 1.165) is 18.2 Å². The van der Waals surface area contributed by atoms with Crippen molar-refractivity contribution < 1.29 is 32.4 Å². The van der Waals surface area contributed by atoms with Crippen LogP contribution in [0.15, 0.2) is 65.2 Å². The standard InChI is InChI=1S/C24H17F3N4O4/c1-12(24-30-21(31-35-24)13-2-4-15(25)5-3-13)28-23(34)19-7-6-18(11-20(19)32)29-22(33)14-8-16(26)10-17(27)9-14/h2-12,32H,1H3,(H,28,34)(H,29,33). The molecule has 4 aromatic rings. The molecule has 0 radical (unpaired) electrons. The zero-order valence-electron chi connectivity index (χ0n) is 18.1. The quantitative estimate of drug-likeness (QED) is 0.370. The van der Waals surface area contributed by atoms with Crippen LogP contribution in [0.25, 0.3) is 11.4 Å². The number of nitrogens with zero attached hydrogens (tertiary/aromatic N) is 2. The number of aromatic hydroxyl groups is 1. The summed E-state index contributed by atoms with van der Waals surface area (Å²) in [7, 11) is 0. The highest BCUT2D eigenvalue weighted by Crippen LogP contribution is 2.24. The normalized spacial score (nSPS) is 11.7. The molecule has 0 saturated carbocycles. The van der Waals surface area contributed by atoms with Gasteiger partial charge in [-0.3, -0.25) is 9.59 Å². The minimum absolute atomic E-state index is 0.0865. The first-order valence-corrected chi connectivity index (χ1v) is 10.2. The van der Waals surface area contributed by atoms with Crippen LogP contribution in [-0.4, -0.2) is 27.1 Å².